The number of hydrogen-bond acceptors (Lipinski definition) is 2. The molecule has 0 spiro atoms. The molecule has 0 radical (unpaired) electrons. The van der Waals surface area contributed by atoms with Crippen LogP contribution < -0.4 is 9.64 Å². The molecule has 0 aliphatic carbocycles. The fourth-order valence-electron chi connectivity index (χ4n) is 2.64. The summed E-state index contributed by atoms with van der Waals surface area (Å²) in [5.74, 6) is 0.809. The minimum absolute atomic E-state index is 0.373. The summed E-state index contributed by atoms with van der Waals surface area (Å²) in [6.07, 6.45) is 3.49. The Kier molecular flexibility index (Phi) is 5.67. The van der Waals surface area contributed by atoms with E-state index in [1.54, 1.807) is 0 Å². The maximum atomic E-state index is 10.1. The Labute approximate surface area is 123 Å². The molecule has 4 heteroatoms. The number of piperidine rings is 1. The number of rotatable bonds is 5. The number of likely N-dealkylation sites (tertiary alicyclic amines) is 1. The number of ether oxygens (including phenoxy) is 1. The highest BCUT2D eigenvalue weighted by Crippen LogP contribution is 2.16. The lowest BCUT2D eigenvalue weighted by molar-refractivity contribution is -0.931. The fourth-order valence-corrected chi connectivity index (χ4v) is 2.91. The molecule has 0 bridgehead atoms. The molecule has 0 aromatic heterocycles. The molecule has 3 atom stereocenters. The van der Waals surface area contributed by atoms with Crippen molar-refractivity contribution in [1.29, 1.82) is 0 Å². The molecule has 1 aromatic rings. The molecule has 106 valence electrons. The van der Waals surface area contributed by atoms with Crippen LogP contribution in [-0.2, 0) is 0 Å². The normalized spacial score (nSPS) is 25.0. The monoisotopic (exact) mass is 328 g/mol. The molecule has 0 amide bonds. The number of hydrogen-bond donors (Lipinski definition) is 2. The second-order valence-corrected chi connectivity index (χ2v) is 6.34. The van der Waals surface area contributed by atoms with Gasteiger partial charge in [-0.3, -0.25) is 0 Å². The van der Waals surface area contributed by atoms with Gasteiger partial charge < -0.3 is 14.7 Å². The van der Waals surface area contributed by atoms with Crippen LogP contribution in [0.5, 0.6) is 5.75 Å². The number of benzene rings is 1. The van der Waals surface area contributed by atoms with Crippen molar-refractivity contribution in [1.82, 2.24) is 0 Å². The molecule has 2 N–H and O–H groups in total. The average Bonchev–Trinajstić information content (AvgIpc) is 2.41. The Balaban J connectivity index is 1.74. The molecule has 2 rings (SSSR count). The maximum absolute atomic E-state index is 10.1. The van der Waals surface area contributed by atoms with Crippen molar-refractivity contribution < 1.29 is 14.7 Å². The van der Waals surface area contributed by atoms with Crippen LogP contribution in [0.2, 0.25) is 0 Å². The lowest BCUT2D eigenvalue weighted by atomic mass is 10.0. The van der Waals surface area contributed by atoms with Crippen LogP contribution in [0.3, 0.4) is 0 Å². The van der Waals surface area contributed by atoms with E-state index in [4.69, 9.17) is 4.74 Å². The third-order valence-electron chi connectivity index (χ3n) is 3.84. The predicted octanol–water partition coefficient (Wildman–Crippen LogP) is 1.65. The summed E-state index contributed by atoms with van der Waals surface area (Å²) in [5.41, 5.74) is 0. The van der Waals surface area contributed by atoms with Gasteiger partial charge in [0, 0.05) is 4.47 Å². The summed E-state index contributed by atoms with van der Waals surface area (Å²) in [5, 5.41) is 10.1. The Hall–Kier alpha value is -0.580. The largest absolute Gasteiger partial charge is 0.491 e. The van der Waals surface area contributed by atoms with Crippen molar-refractivity contribution in [3.05, 3.63) is 28.7 Å². The van der Waals surface area contributed by atoms with Gasteiger partial charge in [-0.2, -0.15) is 0 Å². The molecule has 0 saturated carbocycles. The van der Waals surface area contributed by atoms with Crippen LogP contribution in [-0.4, -0.2) is 36.9 Å². The van der Waals surface area contributed by atoms with Gasteiger partial charge in [0.1, 0.15) is 25.0 Å². The lowest BCUT2D eigenvalue weighted by Crippen LogP contribution is -3.17. The molecule has 1 saturated heterocycles. The summed E-state index contributed by atoms with van der Waals surface area (Å²) in [6, 6.07) is 8.37. The Morgan fingerprint density at radius 1 is 1.37 bits per heavy atom. The smallest absolute Gasteiger partial charge is 0.137 e. The van der Waals surface area contributed by atoms with E-state index >= 15 is 0 Å². The first kappa shape index (κ1) is 14.8. The van der Waals surface area contributed by atoms with E-state index in [2.05, 4.69) is 22.9 Å². The van der Waals surface area contributed by atoms with E-state index < -0.39 is 0 Å². The van der Waals surface area contributed by atoms with Crippen molar-refractivity contribution in [2.24, 2.45) is 0 Å². The third-order valence-corrected chi connectivity index (χ3v) is 4.36. The Morgan fingerprint density at radius 2 is 2.11 bits per heavy atom. The maximum Gasteiger partial charge on any atom is 0.137 e. The second-order valence-electron chi connectivity index (χ2n) is 5.43. The molecular formula is C15H23BrNO2+. The Bertz CT molecular complexity index is 382. The predicted molar refractivity (Wildman–Crippen MR) is 79.7 cm³/mol. The van der Waals surface area contributed by atoms with Crippen molar-refractivity contribution >= 4 is 15.9 Å². The zero-order valence-electron chi connectivity index (χ0n) is 11.4. The molecule has 1 fully saturated rings. The van der Waals surface area contributed by atoms with Gasteiger partial charge in [-0.1, -0.05) is 15.9 Å². The first-order valence-electron chi connectivity index (χ1n) is 7.06. The van der Waals surface area contributed by atoms with Crippen LogP contribution in [0, 0.1) is 0 Å². The van der Waals surface area contributed by atoms with E-state index in [0.29, 0.717) is 12.6 Å². The van der Waals surface area contributed by atoms with Crippen molar-refractivity contribution in [2.75, 3.05) is 19.7 Å². The SMILES string of the molecule is C[C@H]1CCCC[NH+]1C[C@H](O)COc1ccc(Br)cc1. The summed E-state index contributed by atoms with van der Waals surface area (Å²) in [4.78, 5) is 1.51. The third kappa shape index (κ3) is 4.79. The number of nitrogens with one attached hydrogen (secondary N) is 1. The van der Waals surface area contributed by atoms with Crippen molar-refractivity contribution in [3.63, 3.8) is 0 Å². The fraction of sp³-hybridized carbons (Fsp3) is 0.600. The molecule has 1 aliphatic heterocycles. The first-order chi connectivity index (χ1) is 9.15. The summed E-state index contributed by atoms with van der Waals surface area (Å²) >= 11 is 3.39. The highest BCUT2D eigenvalue weighted by Gasteiger charge is 2.24. The minimum atomic E-state index is -0.390. The van der Waals surface area contributed by atoms with Crippen LogP contribution >= 0.6 is 15.9 Å². The van der Waals surface area contributed by atoms with Gasteiger partial charge in [0.05, 0.1) is 12.6 Å². The second kappa shape index (κ2) is 7.27. The molecule has 19 heavy (non-hydrogen) atoms. The van der Waals surface area contributed by atoms with Gasteiger partial charge in [-0.05, 0) is 50.5 Å². The highest BCUT2D eigenvalue weighted by atomic mass is 79.9. The van der Waals surface area contributed by atoms with E-state index in [9.17, 15) is 5.11 Å². The minimum Gasteiger partial charge on any atom is -0.491 e. The molecule has 3 nitrogen and oxygen atoms in total. The molecule has 1 heterocycles. The Morgan fingerprint density at radius 3 is 2.79 bits per heavy atom. The topological polar surface area (TPSA) is 33.9 Å². The number of quaternary nitrogens is 1. The van der Waals surface area contributed by atoms with E-state index in [-0.39, 0.29) is 6.10 Å². The van der Waals surface area contributed by atoms with Gasteiger partial charge in [0.25, 0.3) is 0 Å². The van der Waals surface area contributed by atoms with Gasteiger partial charge in [-0.15, -0.1) is 0 Å². The zero-order valence-corrected chi connectivity index (χ0v) is 13.0. The van der Waals surface area contributed by atoms with E-state index in [0.717, 1.165) is 16.8 Å². The lowest BCUT2D eigenvalue weighted by Gasteiger charge is -2.31. The van der Waals surface area contributed by atoms with Crippen LogP contribution in [0.15, 0.2) is 28.7 Å². The first-order valence-corrected chi connectivity index (χ1v) is 7.85. The quantitative estimate of drug-likeness (QED) is 0.861. The van der Waals surface area contributed by atoms with Gasteiger partial charge in [0.2, 0.25) is 0 Å². The standard InChI is InChI=1S/C15H22BrNO2/c1-12-4-2-3-9-17(12)10-14(18)11-19-15-7-5-13(16)6-8-15/h5-8,12,14,18H,2-4,9-11H2,1H3/p+1/t12-,14-/m0/s1. The molecule has 1 aliphatic rings. The van der Waals surface area contributed by atoms with Crippen molar-refractivity contribution in [3.8, 4) is 5.75 Å². The average molecular weight is 329 g/mol. The summed E-state index contributed by atoms with van der Waals surface area (Å²) in [7, 11) is 0. The van der Waals surface area contributed by atoms with Crippen LogP contribution in [0.25, 0.3) is 0 Å². The molecule has 1 unspecified atom stereocenters. The van der Waals surface area contributed by atoms with Crippen LogP contribution in [0.4, 0.5) is 0 Å². The van der Waals surface area contributed by atoms with E-state index in [1.807, 2.05) is 24.3 Å². The van der Waals surface area contributed by atoms with Gasteiger partial charge >= 0.3 is 0 Å². The number of aliphatic hydroxyl groups excluding tert-OH is 1. The zero-order chi connectivity index (χ0) is 13.7. The van der Waals surface area contributed by atoms with Crippen LogP contribution in [0.1, 0.15) is 26.2 Å². The molecule has 1 aromatic carbocycles. The molecular weight excluding hydrogens is 306 g/mol. The van der Waals surface area contributed by atoms with Gasteiger partial charge in [-0.25, -0.2) is 0 Å². The van der Waals surface area contributed by atoms with Gasteiger partial charge in [0.15, 0.2) is 0 Å². The van der Waals surface area contributed by atoms with E-state index in [1.165, 1.54) is 30.7 Å². The number of halogens is 1. The number of aliphatic hydroxyl groups is 1. The highest BCUT2D eigenvalue weighted by molar-refractivity contribution is 9.10. The van der Waals surface area contributed by atoms with Crippen molar-refractivity contribution in [2.45, 2.75) is 38.3 Å². The summed E-state index contributed by atoms with van der Waals surface area (Å²) < 4.78 is 6.65. The summed E-state index contributed by atoms with van der Waals surface area (Å²) in [6.45, 7) is 4.61.